The molecule has 80 valence electrons. The minimum atomic E-state index is 1.05. The quantitative estimate of drug-likeness (QED) is 0.766. The SMILES string of the molecule is ClSCCCCc1c[nH]c2ccccc12. The summed E-state index contributed by atoms with van der Waals surface area (Å²) in [6.45, 7) is 0. The molecule has 0 amide bonds. The summed E-state index contributed by atoms with van der Waals surface area (Å²) in [6.07, 6.45) is 5.66. The number of aromatic nitrogens is 1. The maximum absolute atomic E-state index is 5.57. The number of H-pyrrole nitrogens is 1. The van der Waals surface area contributed by atoms with Crippen molar-refractivity contribution in [3.8, 4) is 0 Å². The molecule has 15 heavy (non-hydrogen) atoms. The molecule has 0 unspecified atom stereocenters. The third-order valence-electron chi connectivity index (χ3n) is 2.59. The van der Waals surface area contributed by atoms with Gasteiger partial charge in [0.15, 0.2) is 0 Å². The van der Waals surface area contributed by atoms with Crippen LogP contribution in [-0.4, -0.2) is 10.7 Å². The second kappa shape index (κ2) is 5.47. The van der Waals surface area contributed by atoms with Gasteiger partial charge in [0.1, 0.15) is 0 Å². The number of nitrogens with one attached hydrogen (secondary N) is 1. The summed E-state index contributed by atoms with van der Waals surface area (Å²) in [6, 6.07) is 8.45. The van der Waals surface area contributed by atoms with E-state index in [4.69, 9.17) is 10.7 Å². The predicted octanol–water partition coefficient (Wildman–Crippen LogP) is 4.38. The van der Waals surface area contributed by atoms with Gasteiger partial charge in [0.05, 0.1) is 0 Å². The van der Waals surface area contributed by atoms with Gasteiger partial charge in [0.25, 0.3) is 0 Å². The number of para-hydroxylation sites is 1. The van der Waals surface area contributed by atoms with Crippen LogP contribution in [0, 0.1) is 0 Å². The Morgan fingerprint density at radius 2 is 2.07 bits per heavy atom. The Morgan fingerprint density at radius 1 is 1.20 bits per heavy atom. The first kappa shape index (κ1) is 10.9. The van der Waals surface area contributed by atoms with E-state index in [1.54, 1.807) is 0 Å². The van der Waals surface area contributed by atoms with Gasteiger partial charge in [-0.05, 0) is 41.6 Å². The smallest absolute Gasteiger partial charge is 0.0456 e. The lowest BCUT2D eigenvalue weighted by atomic mass is 10.1. The Bertz CT molecular complexity index is 424. The van der Waals surface area contributed by atoms with E-state index in [-0.39, 0.29) is 0 Å². The maximum atomic E-state index is 5.57. The van der Waals surface area contributed by atoms with Crippen LogP contribution in [0.25, 0.3) is 10.9 Å². The predicted molar refractivity (Wildman–Crippen MR) is 69.5 cm³/mol. The summed E-state index contributed by atoms with van der Waals surface area (Å²) in [7, 11) is 6.97. The molecule has 0 spiro atoms. The lowest BCUT2D eigenvalue weighted by Gasteiger charge is -1.98. The third kappa shape index (κ3) is 2.70. The molecule has 1 heterocycles. The molecule has 2 aromatic rings. The Hall–Kier alpha value is -0.600. The number of fused-ring (bicyclic) bond motifs is 1. The molecule has 0 saturated heterocycles. The van der Waals surface area contributed by atoms with E-state index >= 15 is 0 Å². The molecule has 1 N–H and O–H groups in total. The summed E-state index contributed by atoms with van der Waals surface area (Å²) in [5.41, 5.74) is 2.66. The summed E-state index contributed by atoms with van der Waals surface area (Å²) in [4.78, 5) is 3.30. The van der Waals surface area contributed by atoms with E-state index in [2.05, 4.69) is 35.4 Å². The zero-order valence-corrected chi connectivity index (χ0v) is 10.1. The number of benzene rings is 1. The molecular weight excluding hydrogens is 226 g/mol. The highest BCUT2D eigenvalue weighted by atomic mass is 35.7. The van der Waals surface area contributed by atoms with Crippen LogP contribution >= 0.6 is 21.7 Å². The largest absolute Gasteiger partial charge is 0.361 e. The fourth-order valence-corrected chi connectivity index (χ4v) is 2.45. The maximum Gasteiger partial charge on any atom is 0.0456 e. The highest BCUT2D eigenvalue weighted by Gasteiger charge is 2.01. The number of rotatable bonds is 5. The van der Waals surface area contributed by atoms with E-state index in [1.165, 1.54) is 40.3 Å². The van der Waals surface area contributed by atoms with Crippen molar-refractivity contribution in [2.75, 3.05) is 5.75 Å². The van der Waals surface area contributed by atoms with Crippen LogP contribution in [-0.2, 0) is 6.42 Å². The van der Waals surface area contributed by atoms with Gasteiger partial charge in [0, 0.05) is 22.9 Å². The molecule has 0 aliphatic carbocycles. The molecule has 0 atom stereocenters. The van der Waals surface area contributed by atoms with Crippen molar-refractivity contribution in [2.24, 2.45) is 0 Å². The molecule has 0 radical (unpaired) electrons. The minimum Gasteiger partial charge on any atom is -0.361 e. The third-order valence-corrected chi connectivity index (χ3v) is 3.50. The van der Waals surface area contributed by atoms with Crippen LogP contribution in [0.4, 0.5) is 0 Å². The molecule has 1 aromatic carbocycles. The second-order valence-electron chi connectivity index (χ2n) is 3.63. The fourth-order valence-electron chi connectivity index (χ4n) is 1.81. The van der Waals surface area contributed by atoms with Gasteiger partial charge < -0.3 is 4.98 Å². The van der Waals surface area contributed by atoms with Gasteiger partial charge in [-0.25, -0.2) is 0 Å². The lowest BCUT2D eigenvalue weighted by Crippen LogP contribution is -1.84. The minimum absolute atomic E-state index is 1.05. The van der Waals surface area contributed by atoms with Crippen LogP contribution < -0.4 is 0 Å². The number of hydrogen-bond donors (Lipinski definition) is 1. The first-order valence-electron chi connectivity index (χ1n) is 5.20. The lowest BCUT2D eigenvalue weighted by molar-refractivity contribution is 0.807. The Morgan fingerprint density at radius 3 is 2.93 bits per heavy atom. The summed E-state index contributed by atoms with van der Waals surface area (Å²) < 4.78 is 0. The molecular formula is C12H14ClNS. The van der Waals surface area contributed by atoms with E-state index in [0.29, 0.717) is 0 Å². The van der Waals surface area contributed by atoms with E-state index in [1.807, 2.05) is 0 Å². The standard InChI is InChI=1S/C12H14ClNS/c13-15-8-4-3-5-10-9-14-12-7-2-1-6-11(10)12/h1-2,6-7,9,14H,3-5,8H2. The van der Waals surface area contributed by atoms with Gasteiger partial charge >= 0.3 is 0 Å². The van der Waals surface area contributed by atoms with Gasteiger partial charge in [-0.2, -0.15) is 0 Å². The van der Waals surface area contributed by atoms with E-state index in [9.17, 15) is 0 Å². The van der Waals surface area contributed by atoms with E-state index in [0.717, 1.165) is 12.2 Å². The Balaban J connectivity index is 2.02. The van der Waals surface area contributed by atoms with Crippen LogP contribution in [0.3, 0.4) is 0 Å². The fraction of sp³-hybridized carbons (Fsp3) is 0.333. The second-order valence-corrected chi connectivity index (χ2v) is 4.91. The van der Waals surface area contributed by atoms with Crippen LogP contribution in [0.15, 0.2) is 30.5 Å². The van der Waals surface area contributed by atoms with Gasteiger partial charge in [0.2, 0.25) is 0 Å². The summed E-state index contributed by atoms with van der Waals surface area (Å²) in [5, 5.41) is 1.36. The van der Waals surface area contributed by atoms with Crippen LogP contribution in [0.1, 0.15) is 18.4 Å². The number of hydrogen-bond acceptors (Lipinski definition) is 1. The summed E-state index contributed by atoms with van der Waals surface area (Å²) >= 11 is 0. The van der Waals surface area contributed by atoms with Crippen molar-refractivity contribution < 1.29 is 0 Å². The van der Waals surface area contributed by atoms with Gasteiger partial charge in [-0.1, -0.05) is 29.2 Å². The number of halogens is 1. The Labute approximate surface area is 98.7 Å². The highest BCUT2D eigenvalue weighted by Crippen LogP contribution is 2.20. The molecule has 0 aliphatic heterocycles. The molecule has 1 nitrogen and oxygen atoms in total. The van der Waals surface area contributed by atoms with Crippen LogP contribution in [0.2, 0.25) is 0 Å². The topological polar surface area (TPSA) is 15.8 Å². The zero-order valence-electron chi connectivity index (χ0n) is 8.50. The molecule has 2 rings (SSSR count). The Kier molecular flexibility index (Phi) is 3.98. The monoisotopic (exact) mass is 239 g/mol. The average Bonchev–Trinajstić information content (AvgIpc) is 2.68. The van der Waals surface area contributed by atoms with Crippen molar-refractivity contribution in [1.29, 1.82) is 0 Å². The number of unbranched alkanes of at least 4 members (excludes halogenated alkanes) is 1. The first-order chi connectivity index (χ1) is 7.42. The normalized spacial score (nSPS) is 11.0. The van der Waals surface area contributed by atoms with Gasteiger partial charge in [-0.3, -0.25) is 0 Å². The van der Waals surface area contributed by atoms with Crippen molar-refractivity contribution in [2.45, 2.75) is 19.3 Å². The van der Waals surface area contributed by atoms with Crippen LogP contribution in [0.5, 0.6) is 0 Å². The highest BCUT2D eigenvalue weighted by molar-refractivity contribution is 8.21. The molecule has 0 aliphatic rings. The first-order valence-corrected chi connectivity index (χ1v) is 7.01. The number of aryl methyl sites for hydroxylation is 1. The van der Waals surface area contributed by atoms with Crippen molar-refractivity contribution in [3.63, 3.8) is 0 Å². The van der Waals surface area contributed by atoms with Gasteiger partial charge in [-0.15, -0.1) is 0 Å². The summed E-state index contributed by atoms with van der Waals surface area (Å²) in [5.74, 6) is 1.05. The zero-order chi connectivity index (χ0) is 10.5. The molecule has 0 saturated carbocycles. The van der Waals surface area contributed by atoms with Crippen molar-refractivity contribution in [1.82, 2.24) is 4.98 Å². The van der Waals surface area contributed by atoms with E-state index < -0.39 is 0 Å². The molecule has 3 heteroatoms. The molecule has 1 aromatic heterocycles. The van der Waals surface area contributed by atoms with Crippen molar-refractivity contribution in [3.05, 3.63) is 36.0 Å². The molecule has 0 bridgehead atoms. The average molecular weight is 240 g/mol. The molecule has 0 fully saturated rings. The number of aromatic amines is 1. The van der Waals surface area contributed by atoms with Crippen molar-refractivity contribution >= 4 is 32.6 Å².